The zero-order valence-corrected chi connectivity index (χ0v) is 11.2. The fourth-order valence-electron chi connectivity index (χ4n) is 2.94. The molecule has 0 spiro atoms. The Bertz CT molecular complexity index is 182. The van der Waals surface area contributed by atoms with Gasteiger partial charge in [0.1, 0.15) is 0 Å². The van der Waals surface area contributed by atoms with Gasteiger partial charge in [0.05, 0.1) is 6.10 Å². The fraction of sp³-hybridized carbons (Fsp3) is 1.00. The van der Waals surface area contributed by atoms with Crippen LogP contribution in [0.3, 0.4) is 0 Å². The largest absolute Gasteiger partial charge is 0.393 e. The fourth-order valence-corrected chi connectivity index (χ4v) is 2.94. The van der Waals surface area contributed by atoms with Gasteiger partial charge in [-0.2, -0.15) is 0 Å². The molecule has 0 unspecified atom stereocenters. The van der Waals surface area contributed by atoms with Crippen molar-refractivity contribution >= 4 is 0 Å². The van der Waals surface area contributed by atoms with E-state index in [4.69, 9.17) is 0 Å². The first-order valence-electron chi connectivity index (χ1n) is 6.96. The molecule has 1 aliphatic carbocycles. The zero-order chi connectivity index (χ0) is 12.0. The second kappa shape index (κ2) is 7.29. The molecule has 0 aromatic carbocycles. The van der Waals surface area contributed by atoms with E-state index in [2.05, 4.69) is 19.2 Å². The molecule has 0 bridgehead atoms. The molecule has 96 valence electrons. The molecule has 0 aromatic rings. The first-order valence-corrected chi connectivity index (χ1v) is 6.96. The van der Waals surface area contributed by atoms with Crippen molar-refractivity contribution < 1.29 is 5.11 Å². The lowest BCUT2D eigenvalue weighted by molar-refractivity contribution is 0.162. The van der Waals surface area contributed by atoms with Crippen LogP contribution < -0.4 is 5.32 Å². The van der Waals surface area contributed by atoms with E-state index in [9.17, 15) is 5.11 Å². The predicted octanol–water partition coefficient (Wildman–Crippen LogP) is 2.81. The van der Waals surface area contributed by atoms with Gasteiger partial charge in [-0.15, -0.1) is 0 Å². The molecule has 2 nitrogen and oxygen atoms in total. The third kappa shape index (κ3) is 5.86. The van der Waals surface area contributed by atoms with Crippen LogP contribution in [-0.4, -0.2) is 24.3 Å². The average molecular weight is 227 g/mol. The number of rotatable bonds is 6. The van der Waals surface area contributed by atoms with Crippen molar-refractivity contribution in [1.29, 1.82) is 0 Å². The van der Waals surface area contributed by atoms with E-state index >= 15 is 0 Å². The molecule has 0 aromatic heterocycles. The van der Waals surface area contributed by atoms with Gasteiger partial charge < -0.3 is 10.4 Å². The Kier molecular flexibility index (Phi) is 6.37. The number of hydrogen-bond donors (Lipinski definition) is 2. The highest BCUT2D eigenvalue weighted by molar-refractivity contribution is 4.72. The lowest BCUT2D eigenvalue weighted by Gasteiger charge is -2.27. The van der Waals surface area contributed by atoms with E-state index in [1.165, 1.54) is 32.2 Å². The van der Waals surface area contributed by atoms with E-state index in [-0.39, 0.29) is 6.10 Å². The first kappa shape index (κ1) is 14.0. The topological polar surface area (TPSA) is 32.3 Å². The van der Waals surface area contributed by atoms with Crippen LogP contribution in [0.15, 0.2) is 0 Å². The number of aliphatic hydroxyl groups is 1. The molecule has 0 amide bonds. The van der Waals surface area contributed by atoms with Crippen molar-refractivity contribution in [2.24, 2.45) is 17.8 Å². The summed E-state index contributed by atoms with van der Waals surface area (Å²) in [5.41, 5.74) is 0. The Balaban J connectivity index is 2.05. The maximum Gasteiger partial charge on any atom is 0.0515 e. The van der Waals surface area contributed by atoms with E-state index < -0.39 is 0 Å². The van der Waals surface area contributed by atoms with E-state index in [1.54, 1.807) is 0 Å². The molecule has 16 heavy (non-hydrogen) atoms. The summed E-state index contributed by atoms with van der Waals surface area (Å²) in [6, 6.07) is 0. The second-order valence-electron chi connectivity index (χ2n) is 5.99. The van der Waals surface area contributed by atoms with Crippen LogP contribution in [0.25, 0.3) is 0 Å². The van der Waals surface area contributed by atoms with Crippen molar-refractivity contribution in [2.75, 3.05) is 13.1 Å². The Morgan fingerprint density at radius 3 is 2.69 bits per heavy atom. The average Bonchev–Trinajstić information content (AvgIpc) is 2.16. The highest BCUT2D eigenvalue weighted by Crippen LogP contribution is 2.27. The summed E-state index contributed by atoms with van der Waals surface area (Å²) in [6.45, 7) is 8.69. The van der Waals surface area contributed by atoms with Gasteiger partial charge >= 0.3 is 0 Å². The molecule has 4 atom stereocenters. The lowest BCUT2D eigenvalue weighted by Crippen LogP contribution is -2.30. The number of aliphatic hydroxyl groups excluding tert-OH is 1. The molecule has 2 heteroatoms. The standard InChI is InChI=1S/C14H29NO/c1-11-5-4-6-14(8-11)10-15-9-12(2)7-13(3)16/h11-16H,4-10H2,1-3H3/t11-,12-,13+,14-/m1/s1. The molecule has 0 aliphatic heterocycles. The maximum absolute atomic E-state index is 9.28. The van der Waals surface area contributed by atoms with E-state index in [0.717, 1.165) is 24.8 Å². The normalized spacial score (nSPS) is 30.0. The molecule has 0 saturated heterocycles. The van der Waals surface area contributed by atoms with Gasteiger partial charge in [0.15, 0.2) is 0 Å². The Morgan fingerprint density at radius 2 is 2.06 bits per heavy atom. The van der Waals surface area contributed by atoms with E-state index in [0.29, 0.717) is 5.92 Å². The SMILES string of the molecule is C[C@@H]1CCC[C@@H](CNC[C@H](C)C[C@H](C)O)C1. The monoisotopic (exact) mass is 227 g/mol. The summed E-state index contributed by atoms with van der Waals surface area (Å²) in [7, 11) is 0. The summed E-state index contributed by atoms with van der Waals surface area (Å²) >= 11 is 0. The molecule has 1 aliphatic rings. The molecule has 1 saturated carbocycles. The highest BCUT2D eigenvalue weighted by Gasteiger charge is 2.18. The van der Waals surface area contributed by atoms with Gasteiger partial charge in [-0.05, 0) is 57.0 Å². The van der Waals surface area contributed by atoms with Crippen LogP contribution in [0.4, 0.5) is 0 Å². The van der Waals surface area contributed by atoms with Crippen LogP contribution in [0.5, 0.6) is 0 Å². The van der Waals surface area contributed by atoms with Gasteiger partial charge in [-0.25, -0.2) is 0 Å². The van der Waals surface area contributed by atoms with Crippen LogP contribution in [0, 0.1) is 17.8 Å². The molecule has 1 rings (SSSR count). The molecular formula is C14H29NO. The maximum atomic E-state index is 9.28. The Morgan fingerprint density at radius 1 is 1.31 bits per heavy atom. The van der Waals surface area contributed by atoms with E-state index in [1.807, 2.05) is 6.92 Å². The predicted molar refractivity (Wildman–Crippen MR) is 69.5 cm³/mol. The third-order valence-corrected chi connectivity index (χ3v) is 3.71. The minimum atomic E-state index is -0.161. The van der Waals surface area contributed by atoms with Crippen molar-refractivity contribution in [3.05, 3.63) is 0 Å². The highest BCUT2D eigenvalue weighted by atomic mass is 16.3. The van der Waals surface area contributed by atoms with Crippen molar-refractivity contribution in [2.45, 2.75) is 59.0 Å². The van der Waals surface area contributed by atoms with Crippen LogP contribution in [0.1, 0.15) is 52.9 Å². The first-order chi connectivity index (χ1) is 7.58. The zero-order valence-electron chi connectivity index (χ0n) is 11.2. The quantitative estimate of drug-likeness (QED) is 0.731. The summed E-state index contributed by atoms with van der Waals surface area (Å²) < 4.78 is 0. The molecule has 0 radical (unpaired) electrons. The molecule has 1 fully saturated rings. The second-order valence-corrected chi connectivity index (χ2v) is 5.99. The van der Waals surface area contributed by atoms with Crippen molar-refractivity contribution in [3.8, 4) is 0 Å². The number of nitrogens with one attached hydrogen (secondary N) is 1. The van der Waals surface area contributed by atoms with Gasteiger partial charge in [-0.3, -0.25) is 0 Å². The van der Waals surface area contributed by atoms with Crippen molar-refractivity contribution in [3.63, 3.8) is 0 Å². The van der Waals surface area contributed by atoms with Gasteiger partial charge in [0, 0.05) is 0 Å². The summed E-state index contributed by atoms with van der Waals surface area (Å²) in [4.78, 5) is 0. The third-order valence-electron chi connectivity index (χ3n) is 3.71. The summed E-state index contributed by atoms with van der Waals surface area (Å²) in [6.07, 6.45) is 6.39. The summed E-state index contributed by atoms with van der Waals surface area (Å²) in [5.74, 6) is 2.40. The Hall–Kier alpha value is -0.0800. The van der Waals surface area contributed by atoms with Gasteiger partial charge in [0.2, 0.25) is 0 Å². The summed E-state index contributed by atoms with van der Waals surface area (Å²) in [5, 5.41) is 12.8. The molecular weight excluding hydrogens is 198 g/mol. The lowest BCUT2D eigenvalue weighted by atomic mass is 9.82. The smallest absolute Gasteiger partial charge is 0.0515 e. The number of hydrogen-bond acceptors (Lipinski definition) is 2. The Labute approximate surface area is 101 Å². The van der Waals surface area contributed by atoms with Crippen LogP contribution in [0.2, 0.25) is 0 Å². The van der Waals surface area contributed by atoms with Crippen LogP contribution >= 0.6 is 0 Å². The van der Waals surface area contributed by atoms with Crippen molar-refractivity contribution in [1.82, 2.24) is 5.32 Å². The minimum Gasteiger partial charge on any atom is -0.393 e. The molecule has 2 N–H and O–H groups in total. The van der Waals surface area contributed by atoms with Gasteiger partial charge in [-0.1, -0.05) is 26.7 Å². The van der Waals surface area contributed by atoms with Gasteiger partial charge in [0.25, 0.3) is 0 Å². The molecule has 0 heterocycles. The van der Waals surface area contributed by atoms with Crippen LogP contribution in [-0.2, 0) is 0 Å². The minimum absolute atomic E-state index is 0.161.